The first kappa shape index (κ1) is 20.8. The summed E-state index contributed by atoms with van der Waals surface area (Å²) in [7, 11) is 0. The molecule has 2 aromatic carbocycles. The Kier molecular flexibility index (Phi) is 6.09. The maximum atomic E-state index is 13.1. The summed E-state index contributed by atoms with van der Waals surface area (Å²) < 4.78 is 0. The molecule has 7 heteroatoms. The van der Waals surface area contributed by atoms with E-state index in [0.717, 1.165) is 12.0 Å². The van der Waals surface area contributed by atoms with E-state index in [1.54, 1.807) is 30.5 Å². The lowest BCUT2D eigenvalue weighted by atomic mass is 10.1. The minimum absolute atomic E-state index is 0.0369. The van der Waals surface area contributed by atoms with E-state index in [0.29, 0.717) is 27.9 Å². The van der Waals surface area contributed by atoms with E-state index < -0.39 is 0 Å². The van der Waals surface area contributed by atoms with Crippen LogP contribution in [0.3, 0.4) is 0 Å². The van der Waals surface area contributed by atoms with Gasteiger partial charge in [0.1, 0.15) is 12.2 Å². The van der Waals surface area contributed by atoms with Crippen LogP contribution in [0, 0.1) is 0 Å². The number of hydrogen-bond acceptors (Lipinski definition) is 4. The number of anilines is 2. The van der Waals surface area contributed by atoms with Crippen molar-refractivity contribution < 1.29 is 9.59 Å². The molecule has 2 amide bonds. The summed E-state index contributed by atoms with van der Waals surface area (Å²) in [4.78, 5) is 36.2. The van der Waals surface area contributed by atoms with Gasteiger partial charge >= 0.3 is 0 Å². The normalized spacial score (nSPS) is 13.3. The molecule has 0 saturated carbocycles. The number of aliphatic imine (C=N–C) groups is 1. The number of pyridine rings is 1. The maximum absolute atomic E-state index is 13.1. The van der Waals surface area contributed by atoms with Gasteiger partial charge in [-0.2, -0.15) is 0 Å². The number of benzene rings is 2. The standard InChI is InChI=1S/C24H21ClN4O2/c1-2-16-8-10-19(11-9-16)27-22(30)15-29-23(31)14-21(17-5-3-6-18(25)13-17)28-20-7-4-12-26-24(20)29/h3-13H,2,14-15H2,1H3,(H,27,30). The lowest BCUT2D eigenvalue weighted by Gasteiger charge is -2.20. The molecule has 0 atom stereocenters. The smallest absolute Gasteiger partial charge is 0.244 e. The Morgan fingerprint density at radius 3 is 2.68 bits per heavy atom. The lowest BCUT2D eigenvalue weighted by molar-refractivity contribution is -0.120. The molecule has 3 aromatic rings. The fraction of sp³-hybridized carbons (Fsp3) is 0.167. The molecule has 0 fully saturated rings. The van der Waals surface area contributed by atoms with Gasteiger partial charge in [0.25, 0.3) is 0 Å². The summed E-state index contributed by atoms with van der Waals surface area (Å²) in [6.45, 7) is 1.92. The Hall–Kier alpha value is -3.51. The van der Waals surface area contributed by atoms with Gasteiger partial charge in [0.2, 0.25) is 11.8 Å². The van der Waals surface area contributed by atoms with Crippen molar-refractivity contribution in [2.24, 2.45) is 4.99 Å². The minimum atomic E-state index is -0.305. The van der Waals surface area contributed by atoms with E-state index in [2.05, 4.69) is 22.2 Å². The van der Waals surface area contributed by atoms with E-state index in [4.69, 9.17) is 11.6 Å². The van der Waals surface area contributed by atoms with Gasteiger partial charge in [0.05, 0.1) is 12.1 Å². The molecule has 4 rings (SSSR count). The van der Waals surface area contributed by atoms with Crippen LogP contribution in [0.1, 0.15) is 24.5 Å². The Bertz CT molecular complexity index is 1160. The second-order valence-corrected chi connectivity index (χ2v) is 7.61. The molecule has 6 nitrogen and oxygen atoms in total. The maximum Gasteiger partial charge on any atom is 0.244 e. The second kappa shape index (κ2) is 9.10. The summed E-state index contributed by atoms with van der Waals surface area (Å²) in [5, 5.41) is 3.41. The summed E-state index contributed by atoms with van der Waals surface area (Å²) in [6, 6.07) is 18.4. The van der Waals surface area contributed by atoms with Gasteiger partial charge in [0, 0.05) is 16.9 Å². The van der Waals surface area contributed by atoms with E-state index in [1.807, 2.05) is 36.4 Å². The molecular weight excluding hydrogens is 412 g/mol. The first-order valence-corrected chi connectivity index (χ1v) is 10.4. The number of hydrogen-bond donors (Lipinski definition) is 1. The third kappa shape index (κ3) is 4.81. The molecule has 2 heterocycles. The molecule has 1 N–H and O–H groups in total. The number of aromatic nitrogens is 1. The summed E-state index contributed by atoms with van der Waals surface area (Å²) >= 11 is 6.12. The predicted octanol–water partition coefficient (Wildman–Crippen LogP) is 4.79. The van der Waals surface area contributed by atoms with Gasteiger partial charge < -0.3 is 5.32 Å². The van der Waals surface area contributed by atoms with Crippen molar-refractivity contribution in [3.05, 3.63) is 83.0 Å². The summed E-state index contributed by atoms with van der Waals surface area (Å²) in [5.41, 5.74) is 3.74. The number of halogens is 1. The van der Waals surface area contributed by atoms with Gasteiger partial charge in [-0.15, -0.1) is 0 Å². The molecule has 0 radical (unpaired) electrons. The van der Waals surface area contributed by atoms with Gasteiger partial charge in [0.15, 0.2) is 5.82 Å². The zero-order chi connectivity index (χ0) is 21.8. The number of rotatable bonds is 5. The van der Waals surface area contributed by atoms with Crippen LogP contribution in [0.25, 0.3) is 0 Å². The molecular formula is C24H21ClN4O2. The van der Waals surface area contributed by atoms with Crippen LogP contribution in [-0.4, -0.2) is 29.1 Å². The summed E-state index contributed by atoms with van der Waals surface area (Å²) in [6.07, 6.45) is 2.55. The van der Waals surface area contributed by atoms with Gasteiger partial charge in [-0.3, -0.25) is 14.5 Å². The molecule has 0 unspecified atom stereocenters. The fourth-order valence-electron chi connectivity index (χ4n) is 3.39. The SMILES string of the molecule is CCc1ccc(NC(=O)CN2C(=O)CC(c3cccc(Cl)c3)=Nc3cccnc32)cc1. The fourth-order valence-corrected chi connectivity index (χ4v) is 3.58. The van der Waals surface area contributed by atoms with Crippen LogP contribution >= 0.6 is 11.6 Å². The van der Waals surface area contributed by atoms with E-state index in [1.165, 1.54) is 10.5 Å². The average molecular weight is 433 g/mol. The van der Waals surface area contributed by atoms with Crippen molar-refractivity contribution in [3.8, 4) is 0 Å². The van der Waals surface area contributed by atoms with Crippen molar-refractivity contribution in [1.82, 2.24) is 4.98 Å². The monoisotopic (exact) mass is 432 g/mol. The molecule has 0 bridgehead atoms. The highest BCUT2D eigenvalue weighted by Gasteiger charge is 2.27. The molecule has 0 saturated heterocycles. The number of nitrogens with zero attached hydrogens (tertiary/aromatic N) is 3. The van der Waals surface area contributed by atoms with Crippen molar-refractivity contribution >= 4 is 46.3 Å². The van der Waals surface area contributed by atoms with Crippen molar-refractivity contribution in [3.63, 3.8) is 0 Å². The number of fused-ring (bicyclic) bond motifs is 1. The molecule has 1 aliphatic heterocycles. The Morgan fingerprint density at radius 2 is 1.94 bits per heavy atom. The Balaban J connectivity index is 1.58. The number of amides is 2. The highest BCUT2D eigenvalue weighted by Crippen LogP contribution is 2.31. The lowest BCUT2D eigenvalue weighted by Crippen LogP contribution is -2.38. The molecule has 31 heavy (non-hydrogen) atoms. The van der Waals surface area contributed by atoms with Crippen LogP contribution in [0.2, 0.25) is 5.02 Å². The van der Waals surface area contributed by atoms with E-state index >= 15 is 0 Å². The second-order valence-electron chi connectivity index (χ2n) is 7.17. The minimum Gasteiger partial charge on any atom is -0.325 e. The number of nitrogens with one attached hydrogen (secondary N) is 1. The van der Waals surface area contributed by atoms with Crippen molar-refractivity contribution in [2.45, 2.75) is 19.8 Å². The van der Waals surface area contributed by atoms with Crippen molar-refractivity contribution in [2.75, 3.05) is 16.8 Å². The molecule has 156 valence electrons. The van der Waals surface area contributed by atoms with Crippen LogP contribution in [0.4, 0.5) is 17.2 Å². The quantitative estimate of drug-likeness (QED) is 0.629. The van der Waals surface area contributed by atoms with E-state index in [-0.39, 0.29) is 24.8 Å². The summed E-state index contributed by atoms with van der Waals surface area (Å²) in [5.74, 6) is -0.200. The Labute approximate surface area is 185 Å². The zero-order valence-corrected chi connectivity index (χ0v) is 17.8. The van der Waals surface area contributed by atoms with E-state index in [9.17, 15) is 9.59 Å². The molecule has 0 spiro atoms. The van der Waals surface area contributed by atoms with Crippen LogP contribution < -0.4 is 10.2 Å². The number of carbonyl (C=O) groups is 2. The first-order valence-electron chi connectivity index (χ1n) is 10.0. The van der Waals surface area contributed by atoms with Gasteiger partial charge in [-0.25, -0.2) is 9.98 Å². The average Bonchev–Trinajstić information content (AvgIpc) is 2.91. The topological polar surface area (TPSA) is 74.7 Å². The van der Waals surface area contributed by atoms with Crippen molar-refractivity contribution in [1.29, 1.82) is 0 Å². The van der Waals surface area contributed by atoms with Gasteiger partial charge in [-0.1, -0.05) is 42.8 Å². The predicted molar refractivity (Wildman–Crippen MR) is 123 cm³/mol. The molecule has 0 aliphatic carbocycles. The molecule has 1 aliphatic rings. The third-order valence-electron chi connectivity index (χ3n) is 5.00. The molecule has 1 aromatic heterocycles. The highest BCUT2D eigenvalue weighted by molar-refractivity contribution is 6.31. The van der Waals surface area contributed by atoms with Crippen LogP contribution in [0.15, 0.2) is 71.9 Å². The third-order valence-corrected chi connectivity index (χ3v) is 5.24. The van der Waals surface area contributed by atoms with Gasteiger partial charge in [-0.05, 0) is 53.9 Å². The largest absolute Gasteiger partial charge is 0.325 e. The van der Waals surface area contributed by atoms with Crippen LogP contribution in [-0.2, 0) is 16.0 Å². The number of carbonyl (C=O) groups excluding carboxylic acids is 2. The van der Waals surface area contributed by atoms with Crippen LogP contribution in [0.5, 0.6) is 0 Å². The zero-order valence-electron chi connectivity index (χ0n) is 17.0. The Morgan fingerprint density at radius 1 is 1.13 bits per heavy atom. The highest BCUT2D eigenvalue weighted by atomic mass is 35.5. The first-order chi connectivity index (χ1) is 15.0. The number of aryl methyl sites for hydroxylation is 1.